The molecule has 2 aliphatic carbocycles. The molecular formula is C14H27NO. The topological polar surface area (TPSA) is 32.3 Å². The lowest BCUT2D eigenvalue weighted by atomic mass is 9.94. The molecule has 94 valence electrons. The van der Waals surface area contributed by atoms with Crippen molar-refractivity contribution >= 4 is 0 Å². The maximum absolute atomic E-state index is 10.5. The third-order valence-corrected chi connectivity index (χ3v) is 4.45. The zero-order valence-electron chi connectivity index (χ0n) is 10.7. The van der Waals surface area contributed by atoms with E-state index in [1.807, 2.05) is 0 Å². The first-order valence-electron chi connectivity index (χ1n) is 7.14. The van der Waals surface area contributed by atoms with Crippen molar-refractivity contribution in [3.63, 3.8) is 0 Å². The summed E-state index contributed by atoms with van der Waals surface area (Å²) in [6.45, 7) is 3.16. The Hall–Kier alpha value is -0.0800. The minimum absolute atomic E-state index is 0.400. The summed E-state index contributed by atoms with van der Waals surface area (Å²) in [5, 5.41) is 14.1. The largest absolute Gasteiger partial charge is 0.389 e. The van der Waals surface area contributed by atoms with E-state index in [0.717, 1.165) is 25.3 Å². The molecule has 0 aliphatic heterocycles. The van der Waals surface area contributed by atoms with E-state index in [1.54, 1.807) is 0 Å². The van der Waals surface area contributed by atoms with Crippen LogP contribution >= 0.6 is 0 Å². The molecule has 0 amide bonds. The first-order valence-corrected chi connectivity index (χ1v) is 7.14. The van der Waals surface area contributed by atoms with Gasteiger partial charge in [0.05, 0.1) is 5.60 Å². The maximum atomic E-state index is 10.5. The van der Waals surface area contributed by atoms with Gasteiger partial charge in [-0.25, -0.2) is 0 Å². The Balaban J connectivity index is 1.74. The number of aliphatic hydroxyl groups is 1. The molecule has 0 heterocycles. The molecule has 2 heteroatoms. The van der Waals surface area contributed by atoms with Crippen LogP contribution in [0.1, 0.15) is 64.7 Å². The summed E-state index contributed by atoms with van der Waals surface area (Å²) in [6, 6.07) is 0.669. The van der Waals surface area contributed by atoms with Gasteiger partial charge in [0.2, 0.25) is 0 Å². The maximum Gasteiger partial charge on any atom is 0.0771 e. The summed E-state index contributed by atoms with van der Waals surface area (Å²) in [5.74, 6) is 0.876. The van der Waals surface area contributed by atoms with Gasteiger partial charge in [0, 0.05) is 12.6 Å². The van der Waals surface area contributed by atoms with Crippen LogP contribution in [-0.4, -0.2) is 23.3 Å². The molecular weight excluding hydrogens is 198 g/mol. The average Bonchev–Trinajstić information content (AvgIpc) is 2.54. The molecule has 2 atom stereocenters. The molecule has 2 unspecified atom stereocenters. The van der Waals surface area contributed by atoms with Crippen molar-refractivity contribution in [3.8, 4) is 0 Å². The van der Waals surface area contributed by atoms with Crippen molar-refractivity contribution in [1.29, 1.82) is 0 Å². The molecule has 0 aromatic heterocycles. The van der Waals surface area contributed by atoms with E-state index in [1.165, 1.54) is 44.9 Å². The second-order valence-electron chi connectivity index (χ2n) is 6.13. The van der Waals surface area contributed by atoms with Gasteiger partial charge in [0.1, 0.15) is 0 Å². The molecule has 2 fully saturated rings. The lowest BCUT2D eigenvalue weighted by Crippen LogP contribution is -2.43. The molecule has 0 bridgehead atoms. The highest BCUT2D eigenvalue weighted by molar-refractivity contribution is 4.86. The summed E-state index contributed by atoms with van der Waals surface area (Å²) < 4.78 is 0. The fraction of sp³-hybridized carbons (Fsp3) is 1.00. The van der Waals surface area contributed by atoms with Crippen molar-refractivity contribution in [2.45, 2.75) is 76.4 Å². The van der Waals surface area contributed by atoms with Gasteiger partial charge in [0.25, 0.3) is 0 Å². The lowest BCUT2D eigenvalue weighted by molar-refractivity contribution is 0.0228. The van der Waals surface area contributed by atoms with E-state index in [9.17, 15) is 5.11 Å². The summed E-state index contributed by atoms with van der Waals surface area (Å²) in [4.78, 5) is 0. The highest BCUT2D eigenvalue weighted by Crippen LogP contribution is 2.28. The SMILES string of the molecule is CC1CCC(NCC2(O)CCCCCC2)C1. The van der Waals surface area contributed by atoms with Crippen molar-refractivity contribution in [2.24, 2.45) is 5.92 Å². The van der Waals surface area contributed by atoms with E-state index < -0.39 is 5.60 Å². The molecule has 0 saturated heterocycles. The third-order valence-electron chi connectivity index (χ3n) is 4.45. The summed E-state index contributed by atoms with van der Waals surface area (Å²) in [6.07, 6.45) is 11.0. The summed E-state index contributed by atoms with van der Waals surface area (Å²) in [5.41, 5.74) is -0.400. The first kappa shape index (κ1) is 12.4. The number of nitrogens with one attached hydrogen (secondary N) is 1. The molecule has 2 rings (SSSR count). The van der Waals surface area contributed by atoms with Crippen LogP contribution < -0.4 is 5.32 Å². The van der Waals surface area contributed by atoms with Crippen LogP contribution in [0.25, 0.3) is 0 Å². The van der Waals surface area contributed by atoms with Crippen molar-refractivity contribution in [1.82, 2.24) is 5.32 Å². The van der Waals surface area contributed by atoms with E-state index >= 15 is 0 Å². The van der Waals surface area contributed by atoms with Crippen molar-refractivity contribution < 1.29 is 5.11 Å². The van der Waals surface area contributed by atoms with Crippen LogP contribution in [0.15, 0.2) is 0 Å². The van der Waals surface area contributed by atoms with Crippen LogP contribution in [0.2, 0.25) is 0 Å². The molecule has 2 N–H and O–H groups in total. The molecule has 0 aromatic carbocycles. The molecule has 0 aromatic rings. The second-order valence-corrected chi connectivity index (χ2v) is 6.13. The van der Waals surface area contributed by atoms with Crippen molar-refractivity contribution in [2.75, 3.05) is 6.54 Å². The first-order chi connectivity index (χ1) is 7.68. The molecule has 0 radical (unpaired) electrons. The molecule has 2 saturated carbocycles. The fourth-order valence-electron chi connectivity index (χ4n) is 3.29. The van der Waals surface area contributed by atoms with E-state index in [-0.39, 0.29) is 0 Å². The predicted octanol–water partition coefficient (Wildman–Crippen LogP) is 2.85. The van der Waals surface area contributed by atoms with Crippen LogP contribution in [0.3, 0.4) is 0 Å². The van der Waals surface area contributed by atoms with E-state index in [2.05, 4.69) is 12.2 Å². The molecule has 16 heavy (non-hydrogen) atoms. The van der Waals surface area contributed by atoms with Gasteiger partial charge >= 0.3 is 0 Å². The van der Waals surface area contributed by atoms with Gasteiger partial charge in [-0.2, -0.15) is 0 Å². The zero-order chi connectivity index (χ0) is 11.4. The van der Waals surface area contributed by atoms with Gasteiger partial charge < -0.3 is 10.4 Å². The third kappa shape index (κ3) is 3.46. The van der Waals surface area contributed by atoms with Crippen LogP contribution in [0, 0.1) is 5.92 Å². The Morgan fingerprint density at radius 3 is 2.38 bits per heavy atom. The van der Waals surface area contributed by atoms with Gasteiger partial charge in [-0.05, 0) is 38.0 Å². The minimum Gasteiger partial charge on any atom is -0.389 e. The smallest absolute Gasteiger partial charge is 0.0771 e. The average molecular weight is 225 g/mol. The monoisotopic (exact) mass is 225 g/mol. The standard InChI is InChI=1S/C14H27NO/c1-12-6-7-13(10-12)15-11-14(16)8-4-2-3-5-9-14/h12-13,15-16H,2-11H2,1H3. The second kappa shape index (κ2) is 5.50. The predicted molar refractivity (Wildman–Crippen MR) is 67.5 cm³/mol. The highest BCUT2D eigenvalue weighted by atomic mass is 16.3. The quantitative estimate of drug-likeness (QED) is 0.724. The minimum atomic E-state index is -0.400. The summed E-state index contributed by atoms with van der Waals surface area (Å²) in [7, 11) is 0. The Morgan fingerprint density at radius 2 is 1.81 bits per heavy atom. The fourth-order valence-corrected chi connectivity index (χ4v) is 3.29. The van der Waals surface area contributed by atoms with Crippen LogP contribution in [0.4, 0.5) is 0 Å². The van der Waals surface area contributed by atoms with E-state index in [4.69, 9.17) is 0 Å². The molecule has 0 spiro atoms. The lowest BCUT2D eigenvalue weighted by Gasteiger charge is -2.28. The van der Waals surface area contributed by atoms with Gasteiger partial charge in [0.15, 0.2) is 0 Å². The van der Waals surface area contributed by atoms with Crippen LogP contribution in [-0.2, 0) is 0 Å². The number of hydrogen-bond donors (Lipinski definition) is 2. The van der Waals surface area contributed by atoms with Gasteiger partial charge in [-0.3, -0.25) is 0 Å². The Labute approximate surface area is 99.8 Å². The molecule has 2 nitrogen and oxygen atoms in total. The Morgan fingerprint density at radius 1 is 1.12 bits per heavy atom. The van der Waals surface area contributed by atoms with Crippen LogP contribution in [0.5, 0.6) is 0 Å². The Kier molecular flexibility index (Phi) is 4.26. The number of hydrogen-bond acceptors (Lipinski definition) is 2. The highest BCUT2D eigenvalue weighted by Gasteiger charge is 2.29. The Bertz CT molecular complexity index is 209. The van der Waals surface area contributed by atoms with Gasteiger partial charge in [-0.15, -0.1) is 0 Å². The molecule has 2 aliphatic rings. The van der Waals surface area contributed by atoms with E-state index in [0.29, 0.717) is 6.04 Å². The summed E-state index contributed by atoms with van der Waals surface area (Å²) >= 11 is 0. The zero-order valence-corrected chi connectivity index (χ0v) is 10.7. The van der Waals surface area contributed by atoms with Crippen molar-refractivity contribution in [3.05, 3.63) is 0 Å². The number of rotatable bonds is 3. The normalized spacial score (nSPS) is 34.9. The van der Waals surface area contributed by atoms with Gasteiger partial charge in [-0.1, -0.05) is 32.6 Å².